The van der Waals surface area contributed by atoms with Crippen molar-refractivity contribution < 1.29 is 24.9 Å². The Kier molecular flexibility index (Phi) is 6.97. The van der Waals surface area contributed by atoms with Crippen molar-refractivity contribution in [3.63, 3.8) is 0 Å². The van der Waals surface area contributed by atoms with Crippen LogP contribution in [0.3, 0.4) is 0 Å². The van der Waals surface area contributed by atoms with Gasteiger partial charge >= 0.3 is 5.97 Å². The summed E-state index contributed by atoms with van der Waals surface area (Å²) in [6.07, 6.45) is 1.70. The number of aliphatic hydroxyl groups excluding tert-OH is 1. The Labute approximate surface area is 192 Å². The quantitative estimate of drug-likeness (QED) is 0.575. The molecule has 1 aromatic heterocycles. The highest BCUT2D eigenvalue weighted by Gasteiger charge is 2.34. The van der Waals surface area contributed by atoms with E-state index >= 15 is 0 Å². The molecule has 3 rings (SSSR count). The Morgan fingerprint density at radius 1 is 1.12 bits per heavy atom. The van der Waals surface area contributed by atoms with Crippen molar-refractivity contribution in [2.24, 2.45) is 5.41 Å². The molecule has 1 aromatic carbocycles. The van der Waals surface area contributed by atoms with Gasteiger partial charge in [0, 0.05) is 11.5 Å². The zero-order valence-corrected chi connectivity index (χ0v) is 19.6. The summed E-state index contributed by atoms with van der Waals surface area (Å²) in [4.78, 5) is 27.8. The van der Waals surface area contributed by atoms with Crippen LogP contribution in [0.5, 0.6) is 5.75 Å². The first-order valence-corrected chi connectivity index (χ1v) is 11.5. The number of anilines is 1. The van der Waals surface area contributed by atoms with Crippen molar-refractivity contribution in [3.05, 3.63) is 45.1 Å². The predicted molar refractivity (Wildman–Crippen MR) is 126 cm³/mol. The average molecular weight is 456 g/mol. The van der Waals surface area contributed by atoms with Gasteiger partial charge in [-0.1, -0.05) is 17.9 Å². The van der Waals surface area contributed by atoms with Crippen molar-refractivity contribution in [3.8, 4) is 17.6 Å². The fourth-order valence-electron chi connectivity index (χ4n) is 3.76. The molecule has 1 heterocycles. The van der Waals surface area contributed by atoms with E-state index in [1.807, 2.05) is 27.7 Å². The maximum absolute atomic E-state index is 13.6. The van der Waals surface area contributed by atoms with Crippen molar-refractivity contribution >= 4 is 28.9 Å². The normalized spacial score (nSPS) is 18.5. The van der Waals surface area contributed by atoms with Gasteiger partial charge in [-0.3, -0.25) is 4.79 Å². The van der Waals surface area contributed by atoms with E-state index in [-0.39, 0.29) is 33.3 Å². The van der Waals surface area contributed by atoms with Gasteiger partial charge in [0.05, 0.1) is 22.2 Å². The first kappa shape index (κ1) is 23.8. The first-order valence-electron chi connectivity index (χ1n) is 10.7. The van der Waals surface area contributed by atoms with Gasteiger partial charge in [0.1, 0.15) is 10.6 Å². The van der Waals surface area contributed by atoms with Crippen LogP contribution in [-0.4, -0.2) is 39.3 Å². The molecule has 0 bridgehead atoms. The number of thiophene rings is 1. The lowest BCUT2D eigenvalue weighted by Gasteiger charge is -2.35. The molecule has 0 unspecified atom stereocenters. The Balaban J connectivity index is 2.12. The first-order chi connectivity index (χ1) is 15.0. The number of aromatic carboxylic acids is 1. The van der Waals surface area contributed by atoms with Gasteiger partial charge in [-0.2, -0.15) is 0 Å². The van der Waals surface area contributed by atoms with E-state index in [1.54, 1.807) is 18.2 Å². The fourth-order valence-corrected chi connectivity index (χ4v) is 4.61. The molecule has 3 N–H and O–H groups in total. The largest absolute Gasteiger partial charge is 0.507 e. The summed E-state index contributed by atoms with van der Waals surface area (Å²) in [5.74, 6) is 4.42. The van der Waals surface area contributed by atoms with Gasteiger partial charge in [0.25, 0.3) is 5.91 Å². The molecule has 7 heteroatoms. The van der Waals surface area contributed by atoms with E-state index in [0.717, 1.165) is 16.9 Å². The molecule has 0 spiro atoms. The van der Waals surface area contributed by atoms with E-state index in [4.69, 9.17) is 0 Å². The van der Waals surface area contributed by atoms with Gasteiger partial charge in [0.15, 0.2) is 0 Å². The van der Waals surface area contributed by atoms with Crippen molar-refractivity contribution in [2.45, 2.75) is 65.5 Å². The number of phenolic OH excluding ortho intramolecular Hbond substituents is 1. The van der Waals surface area contributed by atoms with Crippen LogP contribution < -0.4 is 4.90 Å². The number of carbonyl (C=O) groups is 2. The minimum Gasteiger partial charge on any atom is -0.507 e. The standard InChI is InChI=1S/C25H29NO5S/c1-15-5-10-19(21(28)13-15)23(29)26(16-6-8-17(27)9-7-16)20-14-18(11-12-25(2,3)4)32-22(20)24(30)31/h5,10,13-14,16-17,27-28H,6-9H2,1-4H3,(H,30,31). The molecule has 2 aromatic rings. The maximum atomic E-state index is 13.6. The molecular formula is C25H29NO5S. The predicted octanol–water partition coefficient (Wildman–Crippen LogP) is 4.81. The smallest absolute Gasteiger partial charge is 0.348 e. The summed E-state index contributed by atoms with van der Waals surface area (Å²) < 4.78 is 0. The van der Waals surface area contributed by atoms with Crippen LogP contribution >= 0.6 is 11.3 Å². The third kappa shape index (κ3) is 5.50. The number of amides is 1. The summed E-state index contributed by atoms with van der Waals surface area (Å²) in [7, 11) is 0. The topological polar surface area (TPSA) is 98.1 Å². The third-order valence-electron chi connectivity index (χ3n) is 5.36. The molecule has 170 valence electrons. The molecule has 0 saturated heterocycles. The van der Waals surface area contributed by atoms with Gasteiger partial charge in [-0.25, -0.2) is 4.79 Å². The van der Waals surface area contributed by atoms with Crippen LogP contribution in [0.25, 0.3) is 0 Å². The minimum absolute atomic E-state index is 0.0364. The van der Waals surface area contributed by atoms with Crippen LogP contribution in [0.1, 0.15) is 76.9 Å². The second-order valence-electron chi connectivity index (χ2n) is 9.29. The zero-order valence-electron chi connectivity index (χ0n) is 18.8. The monoisotopic (exact) mass is 455 g/mol. The molecule has 0 atom stereocenters. The molecule has 32 heavy (non-hydrogen) atoms. The lowest BCUT2D eigenvalue weighted by molar-refractivity contribution is 0.0702. The number of aromatic hydroxyl groups is 1. The number of aryl methyl sites for hydroxylation is 1. The maximum Gasteiger partial charge on any atom is 0.348 e. The number of rotatable bonds is 4. The molecular weight excluding hydrogens is 426 g/mol. The van der Waals surface area contributed by atoms with Gasteiger partial charge in [-0.15, -0.1) is 11.3 Å². The lowest BCUT2D eigenvalue weighted by atomic mass is 9.91. The number of carbonyl (C=O) groups excluding carboxylic acids is 1. The van der Waals surface area contributed by atoms with Gasteiger partial charge < -0.3 is 20.2 Å². The molecule has 0 radical (unpaired) electrons. The molecule has 6 nitrogen and oxygen atoms in total. The van der Waals surface area contributed by atoms with Gasteiger partial charge in [0.2, 0.25) is 0 Å². The number of benzene rings is 1. The number of carboxylic acid groups (broad SMARTS) is 1. The van der Waals surface area contributed by atoms with Crippen LogP contribution in [0.4, 0.5) is 5.69 Å². The van der Waals surface area contributed by atoms with E-state index in [0.29, 0.717) is 30.6 Å². The number of hydrogen-bond acceptors (Lipinski definition) is 5. The number of hydrogen-bond donors (Lipinski definition) is 3. The molecule has 1 saturated carbocycles. The summed E-state index contributed by atoms with van der Waals surface area (Å²) in [5, 5.41) is 30.3. The molecule has 1 aliphatic rings. The summed E-state index contributed by atoms with van der Waals surface area (Å²) in [5.41, 5.74) is 0.961. The highest BCUT2D eigenvalue weighted by atomic mass is 32.1. The summed E-state index contributed by atoms with van der Waals surface area (Å²) in [6, 6.07) is 6.18. The minimum atomic E-state index is -1.13. The molecule has 1 aliphatic carbocycles. The Hall–Kier alpha value is -2.82. The number of nitrogens with zero attached hydrogens (tertiary/aromatic N) is 1. The van der Waals surface area contributed by atoms with Gasteiger partial charge in [-0.05, 0) is 77.1 Å². The lowest BCUT2D eigenvalue weighted by Crippen LogP contribution is -2.43. The van der Waals surface area contributed by atoms with E-state index in [1.165, 1.54) is 11.0 Å². The number of aliphatic hydroxyl groups is 1. The summed E-state index contributed by atoms with van der Waals surface area (Å²) >= 11 is 1.04. The van der Waals surface area contributed by atoms with E-state index in [9.17, 15) is 24.9 Å². The highest BCUT2D eigenvalue weighted by molar-refractivity contribution is 7.15. The third-order valence-corrected chi connectivity index (χ3v) is 6.39. The Morgan fingerprint density at radius 3 is 2.34 bits per heavy atom. The zero-order chi connectivity index (χ0) is 23.6. The van der Waals surface area contributed by atoms with Crippen molar-refractivity contribution in [2.75, 3.05) is 4.90 Å². The second kappa shape index (κ2) is 9.35. The average Bonchev–Trinajstić information content (AvgIpc) is 3.12. The Morgan fingerprint density at radius 2 is 1.78 bits per heavy atom. The second-order valence-corrected chi connectivity index (χ2v) is 10.3. The van der Waals surface area contributed by atoms with E-state index in [2.05, 4.69) is 11.8 Å². The SMILES string of the molecule is Cc1ccc(C(=O)N(c2cc(C#CC(C)(C)C)sc2C(=O)O)C2CCC(O)CC2)c(O)c1. The number of phenols is 1. The molecule has 1 amide bonds. The fraction of sp³-hybridized carbons (Fsp3) is 0.440. The molecule has 0 aliphatic heterocycles. The number of carboxylic acids is 1. The van der Waals surface area contributed by atoms with Crippen LogP contribution in [0, 0.1) is 24.2 Å². The van der Waals surface area contributed by atoms with Crippen molar-refractivity contribution in [1.29, 1.82) is 0 Å². The van der Waals surface area contributed by atoms with Crippen LogP contribution in [0.2, 0.25) is 0 Å². The summed E-state index contributed by atoms with van der Waals surface area (Å²) in [6.45, 7) is 7.72. The Bertz CT molecular complexity index is 1080. The molecule has 1 fully saturated rings. The highest BCUT2D eigenvalue weighted by Crippen LogP contribution is 2.37. The van der Waals surface area contributed by atoms with Crippen molar-refractivity contribution in [1.82, 2.24) is 0 Å². The van der Waals surface area contributed by atoms with Crippen LogP contribution in [0.15, 0.2) is 24.3 Å². The van der Waals surface area contributed by atoms with Crippen LogP contribution in [-0.2, 0) is 0 Å². The van der Waals surface area contributed by atoms with E-state index < -0.39 is 18.0 Å².